The van der Waals surface area contributed by atoms with Crippen molar-refractivity contribution in [3.63, 3.8) is 0 Å². The molecule has 0 aliphatic rings. The minimum absolute atomic E-state index is 0.0175. The van der Waals surface area contributed by atoms with Crippen molar-refractivity contribution in [3.05, 3.63) is 76.5 Å². The molecule has 0 atom stereocenters. The third-order valence-corrected chi connectivity index (χ3v) is 4.41. The highest BCUT2D eigenvalue weighted by molar-refractivity contribution is 7.12. The van der Waals surface area contributed by atoms with Crippen molar-refractivity contribution >= 4 is 17.1 Å². The van der Waals surface area contributed by atoms with E-state index < -0.39 is 0 Å². The van der Waals surface area contributed by atoms with E-state index >= 15 is 0 Å². The molecule has 3 aromatic rings. The molecule has 23 heavy (non-hydrogen) atoms. The Labute approximate surface area is 140 Å². The Balaban J connectivity index is 2.03. The van der Waals surface area contributed by atoms with Crippen molar-refractivity contribution in [1.82, 2.24) is 0 Å². The Morgan fingerprint density at radius 2 is 1.83 bits per heavy atom. The van der Waals surface area contributed by atoms with E-state index in [1.165, 1.54) is 11.3 Å². The molecular formula is C20H18O2S. The van der Waals surface area contributed by atoms with Gasteiger partial charge in [0.15, 0.2) is 0 Å². The lowest BCUT2D eigenvalue weighted by Crippen LogP contribution is -2.05. The van der Waals surface area contributed by atoms with Gasteiger partial charge in [-0.15, -0.1) is 11.3 Å². The van der Waals surface area contributed by atoms with Gasteiger partial charge in [0.1, 0.15) is 5.75 Å². The summed E-state index contributed by atoms with van der Waals surface area (Å²) < 4.78 is 5.78. The standard InChI is InChI=1S/C20H18O2S/c1-2-12-22-18-11-10-16(15-7-4-3-5-8-15)14-17(18)20(21)19-9-6-13-23-19/h3-11,13-14H,2,12H2,1H3. The normalized spacial score (nSPS) is 10.5. The zero-order valence-corrected chi connectivity index (χ0v) is 13.8. The minimum atomic E-state index is 0.0175. The van der Waals surface area contributed by atoms with Gasteiger partial charge in [0.25, 0.3) is 0 Å². The molecule has 1 aromatic heterocycles. The number of benzene rings is 2. The van der Waals surface area contributed by atoms with Gasteiger partial charge < -0.3 is 4.74 Å². The predicted molar refractivity (Wildman–Crippen MR) is 95.4 cm³/mol. The van der Waals surface area contributed by atoms with Gasteiger partial charge in [-0.1, -0.05) is 49.4 Å². The average Bonchev–Trinajstić information content (AvgIpc) is 3.14. The third-order valence-electron chi connectivity index (χ3n) is 3.54. The van der Waals surface area contributed by atoms with Gasteiger partial charge in [0.2, 0.25) is 5.78 Å². The first kappa shape index (κ1) is 15.5. The molecule has 0 N–H and O–H groups in total. The summed E-state index contributed by atoms with van der Waals surface area (Å²) >= 11 is 1.45. The highest BCUT2D eigenvalue weighted by Crippen LogP contribution is 2.29. The summed E-state index contributed by atoms with van der Waals surface area (Å²) in [6.07, 6.45) is 0.910. The molecule has 0 amide bonds. The van der Waals surface area contributed by atoms with Crippen LogP contribution in [0.5, 0.6) is 5.75 Å². The van der Waals surface area contributed by atoms with Crippen molar-refractivity contribution in [2.24, 2.45) is 0 Å². The average molecular weight is 322 g/mol. The maximum absolute atomic E-state index is 12.8. The summed E-state index contributed by atoms with van der Waals surface area (Å²) in [7, 11) is 0. The third kappa shape index (κ3) is 3.51. The Hall–Kier alpha value is -2.39. The summed E-state index contributed by atoms with van der Waals surface area (Å²) in [6.45, 7) is 2.66. The number of thiophene rings is 1. The van der Waals surface area contributed by atoms with Crippen LogP contribution in [0.15, 0.2) is 66.0 Å². The van der Waals surface area contributed by atoms with E-state index in [1.54, 1.807) is 0 Å². The highest BCUT2D eigenvalue weighted by Gasteiger charge is 2.17. The minimum Gasteiger partial charge on any atom is -0.493 e. The topological polar surface area (TPSA) is 26.3 Å². The molecular weight excluding hydrogens is 304 g/mol. The van der Waals surface area contributed by atoms with E-state index in [4.69, 9.17) is 4.74 Å². The number of carbonyl (C=O) groups excluding carboxylic acids is 1. The fourth-order valence-corrected chi connectivity index (χ4v) is 3.07. The molecule has 3 rings (SSSR count). The van der Waals surface area contributed by atoms with E-state index in [0.717, 1.165) is 22.4 Å². The second kappa shape index (κ2) is 7.25. The first-order chi connectivity index (χ1) is 11.3. The SMILES string of the molecule is CCCOc1ccc(-c2ccccc2)cc1C(=O)c1cccs1. The van der Waals surface area contributed by atoms with Crippen LogP contribution in [0, 0.1) is 0 Å². The Kier molecular flexibility index (Phi) is 4.89. The van der Waals surface area contributed by atoms with Crippen molar-refractivity contribution in [2.45, 2.75) is 13.3 Å². The molecule has 0 unspecified atom stereocenters. The fraction of sp³-hybridized carbons (Fsp3) is 0.150. The lowest BCUT2D eigenvalue weighted by atomic mass is 10.00. The Morgan fingerprint density at radius 3 is 2.52 bits per heavy atom. The van der Waals surface area contributed by atoms with E-state index in [0.29, 0.717) is 17.9 Å². The van der Waals surface area contributed by atoms with Crippen LogP contribution in [0.3, 0.4) is 0 Å². The van der Waals surface area contributed by atoms with Crippen LogP contribution in [-0.2, 0) is 0 Å². The monoisotopic (exact) mass is 322 g/mol. The molecule has 3 heteroatoms. The van der Waals surface area contributed by atoms with Gasteiger partial charge in [-0.25, -0.2) is 0 Å². The van der Waals surface area contributed by atoms with Crippen LogP contribution in [0.2, 0.25) is 0 Å². The lowest BCUT2D eigenvalue weighted by molar-refractivity contribution is 0.103. The van der Waals surface area contributed by atoms with Crippen molar-refractivity contribution in [3.8, 4) is 16.9 Å². The maximum Gasteiger partial charge on any atom is 0.206 e. The molecule has 0 bridgehead atoms. The first-order valence-corrected chi connectivity index (χ1v) is 8.58. The summed E-state index contributed by atoms with van der Waals surface area (Å²) in [6, 6.07) is 19.7. The molecule has 0 saturated carbocycles. The molecule has 116 valence electrons. The molecule has 0 aliphatic carbocycles. The molecule has 0 radical (unpaired) electrons. The van der Waals surface area contributed by atoms with Gasteiger partial charge in [-0.3, -0.25) is 4.79 Å². The largest absolute Gasteiger partial charge is 0.493 e. The quantitative estimate of drug-likeness (QED) is 0.565. The van der Waals surface area contributed by atoms with Crippen LogP contribution >= 0.6 is 11.3 Å². The second-order valence-electron chi connectivity index (χ2n) is 5.23. The zero-order chi connectivity index (χ0) is 16.1. The number of ketones is 1. The maximum atomic E-state index is 12.8. The van der Waals surface area contributed by atoms with Crippen LogP contribution in [-0.4, -0.2) is 12.4 Å². The number of rotatable bonds is 6. The number of hydrogen-bond donors (Lipinski definition) is 0. The van der Waals surface area contributed by atoms with E-state index in [2.05, 4.69) is 6.92 Å². The van der Waals surface area contributed by atoms with Gasteiger partial charge in [-0.05, 0) is 41.1 Å². The zero-order valence-electron chi connectivity index (χ0n) is 13.0. The number of hydrogen-bond acceptors (Lipinski definition) is 3. The smallest absolute Gasteiger partial charge is 0.206 e. The van der Waals surface area contributed by atoms with Crippen molar-refractivity contribution in [1.29, 1.82) is 0 Å². The molecule has 0 spiro atoms. The predicted octanol–water partition coefficient (Wildman–Crippen LogP) is 5.43. The molecule has 0 aliphatic heterocycles. The van der Waals surface area contributed by atoms with E-state index in [-0.39, 0.29) is 5.78 Å². The fourth-order valence-electron chi connectivity index (χ4n) is 2.40. The van der Waals surface area contributed by atoms with Crippen molar-refractivity contribution < 1.29 is 9.53 Å². The van der Waals surface area contributed by atoms with Gasteiger partial charge in [0, 0.05) is 0 Å². The van der Waals surface area contributed by atoms with Gasteiger partial charge in [0.05, 0.1) is 17.0 Å². The van der Waals surface area contributed by atoms with Crippen LogP contribution in [0.1, 0.15) is 28.6 Å². The summed E-state index contributed by atoms with van der Waals surface area (Å²) in [5, 5.41) is 1.92. The summed E-state index contributed by atoms with van der Waals surface area (Å²) in [4.78, 5) is 13.5. The molecule has 2 aromatic carbocycles. The Bertz CT molecular complexity index is 777. The van der Waals surface area contributed by atoms with Crippen LogP contribution < -0.4 is 4.74 Å². The first-order valence-electron chi connectivity index (χ1n) is 7.70. The molecule has 2 nitrogen and oxygen atoms in total. The molecule has 1 heterocycles. The van der Waals surface area contributed by atoms with Crippen LogP contribution in [0.4, 0.5) is 0 Å². The second-order valence-corrected chi connectivity index (χ2v) is 6.18. The molecule has 0 fully saturated rings. The highest BCUT2D eigenvalue weighted by atomic mass is 32.1. The number of ether oxygens (including phenoxy) is 1. The summed E-state index contributed by atoms with van der Waals surface area (Å²) in [5.74, 6) is 0.675. The van der Waals surface area contributed by atoms with Crippen LogP contribution in [0.25, 0.3) is 11.1 Å². The van der Waals surface area contributed by atoms with E-state index in [1.807, 2.05) is 66.0 Å². The van der Waals surface area contributed by atoms with Gasteiger partial charge >= 0.3 is 0 Å². The van der Waals surface area contributed by atoms with Crippen molar-refractivity contribution in [2.75, 3.05) is 6.61 Å². The number of carbonyl (C=O) groups is 1. The van der Waals surface area contributed by atoms with E-state index in [9.17, 15) is 4.79 Å². The summed E-state index contributed by atoms with van der Waals surface area (Å²) in [5.41, 5.74) is 2.74. The van der Waals surface area contributed by atoms with Gasteiger partial charge in [-0.2, -0.15) is 0 Å². The Morgan fingerprint density at radius 1 is 1.00 bits per heavy atom. The lowest BCUT2D eigenvalue weighted by Gasteiger charge is -2.12. The molecule has 0 saturated heterocycles.